The zero-order valence-corrected chi connectivity index (χ0v) is 16.7. The largest absolute Gasteiger partial charge is 0.496 e. The van der Waals surface area contributed by atoms with Crippen molar-refractivity contribution < 1.29 is 24.2 Å². The molecule has 0 aromatic heterocycles. The first-order chi connectivity index (χ1) is 12.7. The molecule has 5 heteroatoms. The third-order valence-electron chi connectivity index (χ3n) is 3.79. The predicted octanol–water partition coefficient (Wildman–Crippen LogP) is 4.35. The molecule has 0 aliphatic rings. The number of allylic oxidation sites excluding steroid dienone is 3. The molecule has 146 valence electrons. The second-order valence-electron chi connectivity index (χ2n) is 6.56. The van der Waals surface area contributed by atoms with Gasteiger partial charge < -0.3 is 14.6 Å². The van der Waals surface area contributed by atoms with E-state index in [9.17, 15) is 9.59 Å². The molecular weight excluding hydrogens is 344 g/mol. The third-order valence-corrected chi connectivity index (χ3v) is 3.79. The molecule has 1 N–H and O–H groups in total. The van der Waals surface area contributed by atoms with E-state index < -0.39 is 5.97 Å². The van der Waals surface area contributed by atoms with E-state index in [2.05, 4.69) is 6.08 Å². The molecule has 1 rings (SSSR count). The summed E-state index contributed by atoms with van der Waals surface area (Å²) in [6.07, 6.45) is 8.07. The van der Waals surface area contributed by atoms with Crippen LogP contribution < -0.4 is 4.74 Å². The number of esters is 1. The fourth-order valence-electron chi connectivity index (χ4n) is 2.48. The zero-order valence-electron chi connectivity index (χ0n) is 16.7. The summed E-state index contributed by atoms with van der Waals surface area (Å²) >= 11 is 0. The van der Waals surface area contributed by atoms with Crippen LogP contribution in [0.15, 0.2) is 41.5 Å². The number of carbonyl (C=O) groups is 2. The minimum absolute atomic E-state index is 0.251. The first-order valence-corrected chi connectivity index (χ1v) is 8.76. The quantitative estimate of drug-likeness (QED) is 0.396. The Balaban J connectivity index is 3.24. The highest BCUT2D eigenvalue weighted by Gasteiger charge is 2.10. The van der Waals surface area contributed by atoms with Crippen LogP contribution >= 0.6 is 0 Å². The monoisotopic (exact) mass is 372 g/mol. The van der Waals surface area contributed by atoms with Gasteiger partial charge in [-0.3, -0.25) is 4.79 Å². The molecule has 1 aromatic carbocycles. The van der Waals surface area contributed by atoms with Crippen molar-refractivity contribution in [2.45, 2.75) is 40.5 Å². The molecule has 27 heavy (non-hydrogen) atoms. The molecule has 0 unspecified atom stereocenters. The molecule has 0 spiro atoms. The molecular formula is C22H28O5. The van der Waals surface area contributed by atoms with E-state index in [1.165, 1.54) is 12.5 Å². The van der Waals surface area contributed by atoms with Crippen LogP contribution in [0.5, 0.6) is 5.75 Å². The predicted molar refractivity (Wildman–Crippen MR) is 107 cm³/mol. The van der Waals surface area contributed by atoms with E-state index in [1.54, 1.807) is 13.2 Å². The number of hydrogen-bond acceptors (Lipinski definition) is 4. The van der Waals surface area contributed by atoms with Crippen molar-refractivity contribution in [2.75, 3.05) is 13.7 Å². The van der Waals surface area contributed by atoms with Crippen molar-refractivity contribution in [2.24, 2.45) is 0 Å². The van der Waals surface area contributed by atoms with E-state index in [0.29, 0.717) is 12.8 Å². The van der Waals surface area contributed by atoms with Gasteiger partial charge in [0.15, 0.2) is 0 Å². The second-order valence-corrected chi connectivity index (χ2v) is 6.56. The van der Waals surface area contributed by atoms with Gasteiger partial charge in [0, 0.05) is 13.0 Å². The van der Waals surface area contributed by atoms with Gasteiger partial charge in [0.05, 0.1) is 7.11 Å². The van der Waals surface area contributed by atoms with E-state index in [4.69, 9.17) is 14.6 Å². The second kappa shape index (κ2) is 11.0. The SMILES string of the molecule is COc1c(CC=C(C)C)cc(/C=C\C(=O)O)cc1C/C=C(\C)COC(C)=O. The lowest BCUT2D eigenvalue weighted by Gasteiger charge is -2.14. The highest BCUT2D eigenvalue weighted by Crippen LogP contribution is 2.29. The summed E-state index contributed by atoms with van der Waals surface area (Å²) in [5.41, 5.74) is 4.87. The molecule has 0 aliphatic carbocycles. The maximum atomic E-state index is 10.9. The van der Waals surface area contributed by atoms with E-state index in [1.807, 2.05) is 39.0 Å². The van der Waals surface area contributed by atoms with Gasteiger partial charge in [-0.05, 0) is 74.1 Å². The average Bonchev–Trinajstić information content (AvgIpc) is 2.60. The fraction of sp³-hybridized carbons (Fsp3) is 0.364. The van der Waals surface area contributed by atoms with E-state index in [-0.39, 0.29) is 12.6 Å². The summed E-state index contributed by atoms with van der Waals surface area (Å²) in [4.78, 5) is 21.8. The molecule has 5 nitrogen and oxygen atoms in total. The normalized spacial score (nSPS) is 11.4. The van der Waals surface area contributed by atoms with Gasteiger partial charge in [0.2, 0.25) is 0 Å². The third kappa shape index (κ3) is 8.40. The van der Waals surface area contributed by atoms with Crippen LogP contribution in [0.3, 0.4) is 0 Å². The smallest absolute Gasteiger partial charge is 0.328 e. The summed E-state index contributed by atoms with van der Waals surface area (Å²) in [7, 11) is 1.63. The number of carboxylic acids is 1. The fourth-order valence-corrected chi connectivity index (χ4v) is 2.48. The first-order valence-electron chi connectivity index (χ1n) is 8.76. The maximum Gasteiger partial charge on any atom is 0.328 e. The van der Waals surface area contributed by atoms with Gasteiger partial charge in [-0.15, -0.1) is 0 Å². The van der Waals surface area contributed by atoms with Crippen LogP contribution in [-0.2, 0) is 27.2 Å². The van der Waals surface area contributed by atoms with Crippen molar-refractivity contribution in [3.63, 3.8) is 0 Å². The number of aliphatic carboxylic acids is 1. The van der Waals surface area contributed by atoms with Crippen LogP contribution in [0, 0.1) is 0 Å². The Morgan fingerprint density at radius 3 is 2.11 bits per heavy atom. The van der Waals surface area contributed by atoms with E-state index in [0.717, 1.165) is 34.1 Å². The molecule has 0 atom stereocenters. The number of methoxy groups -OCH3 is 1. The molecule has 0 saturated heterocycles. The minimum Gasteiger partial charge on any atom is -0.496 e. The van der Waals surface area contributed by atoms with Crippen molar-refractivity contribution in [1.82, 2.24) is 0 Å². The Bertz CT molecular complexity index is 765. The molecule has 0 radical (unpaired) electrons. The van der Waals surface area contributed by atoms with Crippen molar-refractivity contribution >= 4 is 18.0 Å². The van der Waals surface area contributed by atoms with Gasteiger partial charge in [0.25, 0.3) is 0 Å². The van der Waals surface area contributed by atoms with Crippen LogP contribution in [0.25, 0.3) is 6.08 Å². The maximum absolute atomic E-state index is 10.9. The first kappa shape index (κ1) is 22.2. The summed E-state index contributed by atoms with van der Waals surface area (Å²) < 4.78 is 10.6. The highest BCUT2D eigenvalue weighted by atomic mass is 16.5. The summed E-state index contributed by atoms with van der Waals surface area (Å²) in [5.74, 6) is -0.517. The average molecular weight is 372 g/mol. The topological polar surface area (TPSA) is 72.8 Å². The minimum atomic E-state index is -0.990. The molecule has 0 bridgehead atoms. The standard InChI is InChI=1S/C22H28O5/c1-15(2)6-9-19-12-18(8-11-21(24)25)13-20(22(19)26-5)10-7-16(3)14-27-17(4)23/h6-8,11-13H,9-10,14H2,1-5H3,(H,24,25)/b11-8-,16-7+. The Kier molecular flexibility index (Phi) is 9.06. The van der Waals surface area contributed by atoms with Gasteiger partial charge in [-0.25, -0.2) is 4.79 Å². The van der Waals surface area contributed by atoms with E-state index >= 15 is 0 Å². The number of carbonyl (C=O) groups excluding carboxylic acids is 1. The zero-order chi connectivity index (χ0) is 20.4. The molecule has 0 heterocycles. The molecule has 1 aromatic rings. The van der Waals surface area contributed by atoms with Gasteiger partial charge >= 0.3 is 11.9 Å². The molecule has 0 aliphatic heterocycles. The van der Waals surface area contributed by atoms with Gasteiger partial charge in [0.1, 0.15) is 12.4 Å². The van der Waals surface area contributed by atoms with Crippen LogP contribution in [0.1, 0.15) is 44.4 Å². The Hall–Kier alpha value is -2.82. The lowest BCUT2D eigenvalue weighted by atomic mass is 9.98. The van der Waals surface area contributed by atoms with Crippen LogP contribution in [0.4, 0.5) is 0 Å². The summed E-state index contributed by atoms with van der Waals surface area (Å²) in [6, 6.07) is 3.86. The van der Waals surface area contributed by atoms with Gasteiger partial charge in [-0.2, -0.15) is 0 Å². The van der Waals surface area contributed by atoms with Crippen LogP contribution in [0.2, 0.25) is 0 Å². The Morgan fingerprint density at radius 2 is 1.63 bits per heavy atom. The van der Waals surface area contributed by atoms with Crippen molar-refractivity contribution in [3.05, 3.63) is 58.2 Å². The summed E-state index contributed by atoms with van der Waals surface area (Å²) in [6.45, 7) is 7.59. The molecule has 0 amide bonds. The number of ether oxygens (including phenoxy) is 2. The van der Waals surface area contributed by atoms with Gasteiger partial charge in [-0.1, -0.05) is 17.7 Å². The lowest BCUT2D eigenvalue weighted by Crippen LogP contribution is -2.02. The number of rotatable bonds is 9. The number of hydrogen-bond donors (Lipinski definition) is 1. The van der Waals surface area contributed by atoms with Crippen molar-refractivity contribution in [1.29, 1.82) is 0 Å². The number of carboxylic acid groups (broad SMARTS) is 1. The molecule has 0 fully saturated rings. The van der Waals surface area contributed by atoms with Crippen LogP contribution in [-0.4, -0.2) is 30.8 Å². The summed E-state index contributed by atoms with van der Waals surface area (Å²) in [5, 5.41) is 8.90. The lowest BCUT2D eigenvalue weighted by molar-refractivity contribution is -0.140. The van der Waals surface area contributed by atoms with Crippen molar-refractivity contribution in [3.8, 4) is 5.75 Å². The number of benzene rings is 1. The Labute approximate surface area is 161 Å². The highest BCUT2D eigenvalue weighted by molar-refractivity contribution is 5.85. The Morgan fingerprint density at radius 1 is 1.04 bits per heavy atom. The molecule has 0 saturated carbocycles.